The molecular formula is C17H20Si. The molecule has 0 bridgehead atoms. The number of rotatable bonds is 1. The second-order valence-corrected chi connectivity index (χ2v) is 10.6. The normalized spacial score (nSPS) is 12.9. The molecule has 0 heterocycles. The van der Waals surface area contributed by atoms with Gasteiger partial charge in [-0.2, -0.15) is 0 Å². The molecule has 1 heteroatoms. The molecule has 0 N–H and O–H groups in total. The third kappa shape index (κ3) is 3.03. The van der Waals surface area contributed by atoms with Gasteiger partial charge in [0.25, 0.3) is 0 Å². The first kappa shape index (κ1) is 12.9. The fourth-order valence-corrected chi connectivity index (χ4v) is 2.68. The third-order valence-corrected chi connectivity index (χ3v) is 3.85. The number of hydrogen-bond donors (Lipinski definition) is 0. The minimum atomic E-state index is -1.28. The molecule has 0 saturated carbocycles. The predicted molar refractivity (Wildman–Crippen MR) is 83.5 cm³/mol. The Hall–Kier alpha value is -1.52. The van der Waals surface area contributed by atoms with Crippen LogP contribution >= 0.6 is 0 Å². The van der Waals surface area contributed by atoms with Crippen LogP contribution in [0.25, 0.3) is 10.8 Å². The number of fused-ring (bicyclic) bond motifs is 1. The smallest absolute Gasteiger partial charge is 0.129 e. The molecule has 0 saturated heterocycles. The molecule has 1 atom stereocenters. The molecular weight excluding hydrogens is 232 g/mol. The van der Waals surface area contributed by atoms with Crippen LogP contribution in [0.5, 0.6) is 0 Å². The highest BCUT2D eigenvalue weighted by atomic mass is 28.3. The summed E-state index contributed by atoms with van der Waals surface area (Å²) in [6.45, 7) is 9.07. The largest absolute Gasteiger partial charge is 0.131 e. The van der Waals surface area contributed by atoms with Gasteiger partial charge in [0.05, 0.1) is 0 Å². The van der Waals surface area contributed by atoms with Crippen molar-refractivity contribution in [1.82, 2.24) is 0 Å². The maximum absolute atomic E-state index is 3.47. The van der Waals surface area contributed by atoms with Gasteiger partial charge < -0.3 is 0 Å². The molecule has 0 spiro atoms. The number of hydrogen-bond acceptors (Lipinski definition) is 0. The van der Waals surface area contributed by atoms with Crippen LogP contribution in [0.2, 0.25) is 19.6 Å². The molecule has 0 aliphatic rings. The lowest BCUT2D eigenvalue weighted by Crippen LogP contribution is -2.16. The van der Waals surface area contributed by atoms with Crippen LogP contribution in [0.4, 0.5) is 0 Å². The predicted octanol–water partition coefficient (Wildman–Crippen LogP) is 4.82. The zero-order chi connectivity index (χ0) is 13.2. The maximum Gasteiger partial charge on any atom is 0.129 e. The molecule has 0 radical (unpaired) electrons. The molecule has 2 aromatic carbocycles. The van der Waals surface area contributed by atoms with E-state index in [1.54, 1.807) is 0 Å². The van der Waals surface area contributed by atoms with Crippen LogP contribution in [0.15, 0.2) is 42.5 Å². The minimum Gasteiger partial charge on any atom is -0.131 e. The summed E-state index contributed by atoms with van der Waals surface area (Å²) in [6, 6.07) is 15.0. The topological polar surface area (TPSA) is 0 Å². The Bertz CT molecular complexity index is 603. The first-order valence-corrected chi connectivity index (χ1v) is 9.98. The molecule has 0 aromatic heterocycles. The van der Waals surface area contributed by atoms with Crippen molar-refractivity contribution >= 4 is 18.8 Å². The van der Waals surface area contributed by atoms with E-state index in [0.717, 1.165) is 0 Å². The summed E-state index contributed by atoms with van der Waals surface area (Å²) in [5, 5.41) is 2.63. The lowest BCUT2D eigenvalue weighted by atomic mass is 9.95. The molecule has 2 rings (SSSR count). The van der Waals surface area contributed by atoms with Crippen molar-refractivity contribution in [3.8, 4) is 11.5 Å². The first-order valence-electron chi connectivity index (χ1n) is 6.48. The highest BCUT2D eigenvalue weighted by molar-refractivity contribution is 6.83. The summed E-state index contributed by atoms with van der Waals surface area (Å²) in [7, 11) is -1.28. The molecule has 0 nitrogen and oxygen atoms in total. The number of benzene rings is 2. The third-order valence-electron chi connectivity index (χ3n) is 2.95. The van der Waals surface area contributed by atoms with Crippen LogP contribution in [0.1, 0.15) is 18.4 Å². The van der Waals surface area contributed by atoms with Crippen LogP contribution in [0.3, 0.4) is 0 Å². The van der Waals surface area contributed by atoms with Gasteiger partial charge in [0.2, 0.25) is 0 Å². The van der Waals surface area contributed by atoms with Gasteiger partial charge in [-0.05, 0) is 23.3 Å². The second kappa shape index (κ2) is 5.00. The highest BCUT2D eigenvalue weighted by Crippen LogP contribution is 2.25. The van der Waals surface area contributed by atoms with E-state index in [-0.39, 0.29) is 0 Å². The first-order chi connectivity index (χ1) is 8.47. The van der Waals surface area contributed by atoms with Gasteiger partial charge in [0.15, 0.2) is 0 Å². The summed E-state index contributed by atoms with van der Waals surface area (Å²) in [6.07, 6.45) is 0. The molecule has 0 aliphatic carbocycles. The zero-order valence-corrected chi connectivity index (χ0v) is 12.6. The van der Waals surface area contributed by atoms with Gasteiger partial charge in [-0.25, -0.2) is 0 Å². The summed E-state index contributed by atoms with van der Waals surface area (Å²) >= 11 is 0. The second-order valence-electron chi connectivity index (χ2n) is 5.81. The van der Waals surface area contributed by atoms with Crippen LogP contribution in [-0.2, 0) is 0 Å². The summed E-state index contributed by atoms with van der Waals surface area (Å²) in [4.78, 5) is 0. The molecule has 0 fully saturated rings. The van der Waals surface area contributed by atoms with E-state index in [9.17, 15) is 0 Å². The van der Waals surface area contributed by atoms with E-state index in [2.05, 4.69) is 80.5 Å². The van der Waals surface area contributed by atoms with Crippen LogP contribution < -0.4 is 0 Å². The van der Waals surface area contributed by atoms with E-state index in [0.29, 0.717) is 5.92 Å². The van der Waals surface area contributed by atoms with Crippen LogP contribution in [-0.4, -0.2) is 8.07 Å². The maximum atomic E-state index is 3.47. The van der Waals surface area contributed by atoms with Gasteiger partial charge in [-0.1, -0.05) is 62.1 Å². The quantitative estimate of drug-likeness (QED) is 0.504. The van der Waals surface area contributed by atoms with Crippen molar-refractivity contribution in [1.29, 1.82) is 0 Å². The Labute approximate surface area is 111 Å². The molecule has 2 aromatic rings. The van der Waals surface area contributed by atoms with Crippen molar-refractivity contribution in [2.75, 3.05) is 0 Å². The summed E-state index contributed by atoms with van der Waals surface area (Å²) < 4.78 is 0. The van der Waals surface area contributed by atoms with E-state index in [4.69, 9.17) is 0 Å². The standard InChI is InChI=1S/C17H20Si/c1-14(12-13-18(2,3)4)16-11-7-9-15-8-5-6-10-17(15)16/h5-11,14H,1-4H3. The van der Waals surface area contributed by atoms with Crippen molar-refractivity contribution < 1.29 is 0 Å². The Balaban J connectivity index is 2.44. The van der Waals surface area contributed by atoms with Gasteiger partial charge in [-0.15, -0.1) is 11.5 Å². The van der Waals surface area contributed by atoms with Gasteiger partial charge in [0.1, 0.15) is 8.07 Å². The van der Waals surface area contributed by atoms with Gasteiger partial charge >= 0.3 is 0 Å². The Morgan fingerprint density at radius 3 is 2.33 bits per heavy atom. The zero-order valence-electron chi connectivity index (χ0n) is 11.6. The molecule has 0 amide bonds. The Kier molecular flexibility index (Phi) is 3.59. The fourth-order valence-electron chi connectivity index (χ4n) is 2.03. The Morgan fingerprint density at radius 2 is 1.61 bits per heavy atom. The van der Waals surface area contributed by atoms with E-state index in [1.165, 1.54) is 16.3 Å². The van der Waals surface area contributed by atoms with Crippen LogP contribution in [0, 0.1) is 11.5 Å². The van der Waals surface area contributed by atoms with E-state index in [1.807, 2.05) is 0 Å². The Morgan fingerprint density at radius 1 is 0.944 bits per heavy atom. The lowest BCUT2D eigenvalue weighted by molar-refractivity contribution is 1.02. The summed E-state index contributed by atoms with van der Waals surface area (Å²) in [5.74, 6) is 3.75. The van der Waals surface area contributed by atoms with Crippen molar-refractivity contribution in [3.63, 3.8) is 0 Å². The summed E-state index contributed by atoms with van der Waals surface area (Å²) in [5.41, 5.74) is 4.82. The van der Waals surface area contributed by atoms with E-state index < -0.39 is 8.07 Å². The fraction of sp³-hybridized carbons (Fsp3) is 0.294. The SMILES string of the molecule is CC(C#C[Si](C)(C)C)c1cccc2ccccc12. The molecule has 0 aliphatic heterocycles. The molecule has 18 heavy (non-hydrogen) atoms. The highest BCUT2D eigenvalue weighted by Gasteiger charge is 2.10. The average Bonchev–Trinajstić information content (AvgIpc) is 2.34. The van der Waals surface area contributed by atoms with E-state index >= 15 is 0 Å². The average molecular weight is 252 g/mol. The van der Waals surface area contributed by atoms with Crippen molar-refractivity contribution in [2.24, 2.45) is 0 Å². The van der Waals surface area contributed by atoms with Gasteiger partial charge in [-0.3, -0.25) is 0 Å². The minimum absolute atomic E-state index is 0.308. The molecule has 1 unspecified atom stereocenters. The van der Waals surface area contributed by atoms with Gasteiger partial charge in [0, 0.05) is 5.92 Å². The molecule has 92 valence electrons. The lowest BCUT2D eigenvalue weighted by Gasteiger charge is -2.10. The van der Waals surface area contributed by atoms with Crippen molar-refractivity contribution in [2.45, 2.75) is 32.5 Å². The van der Waals surface area contributed by atoms with Crippen molar-refractivity contribution in [3.05, 3.63) is 48.0 Å². The monoisotopic (exact) mass is 252 g/mol.